The minimum atomic E-state index is -0.442. The molecule has 44 valence electrons. The topological polar surface area (TPSA) is 30.7 Å². The second-order valence-electron chi connectivity index (χ2n) is 1.12. The maximum Gasteiger partial charge on any atom is 0.387 e. The van der Waals surface area contributed by atoms with E-state index < -0.39 is 5.97 Å². The summed E-state index contributed by atoms with van der Waals surface area (Å²) in [4.78, 5) is 13.0. The van der Waals surface area contributed by atoms with Crippen LogP contribution in [0.25, 0.3) is 4.85 Å². The Bertz CT molecular complexity index is 114. The number of hydrogen-bond donors (Lipinski definition) is 0. The second kappa shape index (κ2) is 4.13. The SMILES string of the molecule is [C-]#[N+][13CH2]C(=O)OCC. The van der Waals surface area contributed by atoms with Crippen molar-refractivity contribution < 1.29 is 9.53 Å². The van der Waals surface area contributed by atoms with Crippen molar-refractivity contribution >= 4 is 5.97 Å². The van der Waals surface area contributed by atoms with E-state index >= 15 is 0 Å². The Morgan fingerprint density at radius 2 is 2.50 bits per heavy atom. The molecule has 0 aromatic heterocycles. The summed E-state index contributed by atoms with van der Waals surface area (Å²) in [6, 6.07) is 0. The molecule has 0 bridgehead atoms. The molecule has 0 radical (unpaired) electrons. The van der Waals surface area contributed by atoms with Crippen molar-refractivity contribution in [2.45, 2.75) is 6.92 Å². The van der Waals surface area contributed by atoms with Crippen molar-refractivity contribution in [3.63, 3.8) is 0 Å². The summed E-state index contributed by atoms with van der Waals surface area (Å²) in [5, 5.41) is 0. The van der Waals surface area contributed by atoms with E-state index in [2.05, 4.69) is 9.58 Å². The molecule has 0 saturated heterocycles. The van der Waals surface area contributed by atoms with Crippen LogP contribution in [-0.2, 0) is 9.53 Å². The molecule has 0 aliphatic carbocycles. The molecule has 0 rings (SSSR count). The maximum absolute atomic E-state index is 10.2. The van der Waals surface area contributed by atoms with Gasteiger partial charge in [-0.1, -0.05) is 0 Å². The van der Waals surface area contributed by atoms with Crippen LogP contribution in [0.2, 0.25) is 0 Å². The van der Waals surface area contributed by atoms with Crippen LogP contribution < -0.4 is 0 Å². The van der Waals surface area contributed by atoms with Crippen LogP contribution in [0, 0.1) is 6.57 Å². The molecule has 3 heteroatoms. The van der Waals surface area contributed by atoms with Crippen molar-refractivity contribution in [2.24, 2.45) is 0 Å². The van der Waals surface area contributed by atoms with Gasteiger partial charge in [-0.3, -0.25) is 0 Å². The van der Waals surface area contributed by atoms with E-state index in [4.69, 9.17) is 6.57 Å². The molecular formula is C5H7NO2. The molecule has 0 amide bonds. The number of nitrogens with zero attached hydrogens (tertiary/aromatic N) is 1. The molecular weight excluding hydrogens is 107 g/mol. The summed E-state index contributed by atoms with van der Waals surface area (Å²) in [5.74, 6) is -0.442. The first kappa shape index (κ1) is 6.96. The highest BCUT2D eigenvalue weighted by atomic mass is 16.5. The molecule has 0 aliphatic rings. The molecule has 0 unspecified atom stereocenters. The molecule has 0 atom stereocenters. The van der Waals surface area contributed by atoms with Crippen molar-refractivity contribution in [3.05, 3.63) is 11.4 Å². The fourth-order valence-corrected chi connectivity index (χ4v) is 0.271. The zero-order valence-corrected chi connectivity index (χ0v) is 4.68. The lowest BCUT2D eigenvalue weighted by atomic mass is 10.8. The first-order valence-electron chi connectivity index (χ1n) is 2.30. The number of hydrogen-bond acceptors (Lipinski definition) is 2. The third kappa shape index (κ3) is 3.16. The average Bonchev–Trinajstić information content (AvgIpc) is 1.68. The molecule has 0 N–H and O–H groups in total. The van der Waals surface area contributed by atoms with Gasteiger partial charge < -0.3 is 9.58 Å². The third-order valence-corrected chi connectivity index (χ3v) is 0.513. The summed E-state index contributed by atoms with van der Waals surface area (Å²) >= 11 is 0. The highest BCUT2D eigenvalue weighted by Crippen LogP contribution is 1.76. The van der Waals surface area contributed by atoms with Crippen LogP contribution in [0.5, 0.6) is 0 Å². The summed E-state index contributed by atoms with van der Waals surface area (Å²) < 4.78 is 4.43. The van der Waals surface area contributed by atoms with E-state index in [0.717, 1.165) is 0 Å². The van der Waals surface area contributed by atoms with Crippen LogP contribution >= 0.6 is 0 Å². The molecule has 8 heavy (non-hydrogen) atoms. The minimum absolute atomic E-state index is 0.159. The number of carbonyl (C=O) groups is 1. The lowest BCUT2D eigenvalue weighted by molar-refractivity contribution is -0.140. The number of rotatable bonds is 2. The minimum Gasteiger partial charge on any atom is -0.460 e. The van der Waals surface area contributed by atoms with Gasteiger partial charge in [0.1, 0.15) is 0 Å². The zero-order chi connectivity index (χ0) is 6.41. The van der Waals surface area contributed by atoms with Crippen molar-refractivity contribution in [1.29, 1.82) is 0 Å². The van der Waals surface area contributed by atoms with E-state index in [0.29, 0.717) is 6.61 Å². The van der Waals surface area contributed by atoms with Crippen LogP contribution in [0.3, 0.4) is 0 Å². The van der Waals surface area contributed by atoms with Gasteiger partial charge in [0.2, 0.25) is 0 Å². The quantitative estimate of drug-likeness (QED) is 0.297. The monoisotopic (exact) mass is 114 g/mol. The average molecular weight is 114 g/mol. The number of ether oxygens (including phenoxy) is 1. The van der Waals surface area contributed by atoms with Crippen LogP contribution in [0.15, 0.2) is 0 Å². The van der Waals surface area contributed by atoms with Crippen molar-refractivity contribution in [3.8, 4) is 0 Å². The third-order valence-electron chi connectivity index (χ3n) is 0.513. The van der Waals surface area contributed by atoms with Crippen LogP contribution in [-0.4, -0.2) is 19.1 Å². The predicted molar refractivity (Wildman–Crippen MR) is 28.1 cm³/mol. The van der Waals surface area contributed by atoms with E-state index in [1.54, 1.807) is 6.92 Å². The van der Waals surface area contributed by atoms with Crippen LogP contribution in [0.1, 0.15) is 6.92 Å². The van der Waals surface area contributed by atoms with Gasteiger partial charge in [0.25, 0.3) is 0 Å². The Labute approximate surface area is 48.1 Å². The first-order chi connectivity index (χ1) is 3.81. The Kier molecular flexibility index (Phi) is 3.59. The lowest BCUT2D eigenvalue weighted by Gasteiger charge is -1.90. The fraction of sp³-hybridized carbons (Fsp3) is 0.600. The molecule has 0 heterocycles. The first-order valence-corrected chi connectivity index (χ1v) is 2.30. The standard InChI is InChI=1S/C5H7NO2/c1-3-8-5(7)4-6-2/h3-4H2,1H3/i4+1. The van der Waals surface area contributed by atoms with Gasteiger partial charge in [0.15, 0.2) is 0 Å². The van der Waals surface area contributed by atoms with E-state index in [1.807, 2.05) is 0 Å². The summed E-state index contributed by atoms with van der Waals surface area (Å²) in [5.41, 5.74) is 0. The van der Waals surface area contributed by atoms with Gasteiger partial charge in [0, 0.05) is 0 Å². The normalized spacial score (nSPS) is 7.50. The number of esters is 1. The van der Waals surface area contributed by atoms with Gasteiger partial charge in [-0.15, -0.1) is 0 Å². The van der Waals surface area contributed by atoms with Crippen molar-refractivity contribution in [1.82, 2.24) is 0 Å². The molecule has 0 aliphatic heterocycles. The number of carbonyl (C=O) groups excluding carboxylic acids is 1. The Morgan fingerprint density at radius 3 is 2.88 bits per heavy atom. The van der Waals surface area contributed by atoms with E-state index in [-0.39, 0.29) is 6.54 Å². The Balaban J connectivity index is 3.23. The largest absolute Gasteiger partial charge is 0.460 e. The molecule has 0 aromatic rings. The Morgan fingerprint density at radius 1 is 1.88 bits per heavy atom. The zero-order valence-electron chi connectivity index (χ0n) is 4.68. The molecule has 3 nitrogen and oxygen atoms in total. The smallest absolute Gasteiger partial charge is 0.387 e. The van der Waals surface area contributed by atoms with Gasteiger partial charge in [-0.05, 0) is 6.92 Å². The van der Waals surface area contributed by atoms with Gasteiger partial charge in [0.05, 0.1) is 6.61 Å². The Hall–Kier alpha value is -1.04. The van der Waals surface area contributed by atoms with E-state index in [1.165, 1.54) is 0 Å². The summed E-state index contributed by atoms with van der Waals surface area (Å²) in [6.07, 6.45) is 0. The van der Waals surface area contributed by atoms with Crippen molar-refractivity contribution in [2.75, 3.05) is 13.2 Å². The summed E-state index contributed by atoms with van der Waals surface area (Å²) in [6.45, 7) is 8.14. The second-order valence-corrected chi connectivity index (χ2v) is 1.12. The maximum atomic E-state index is 10.2. The van der Waals surface area contributed by atoms with Crippen LogP contribution in [0.4, 0.5) is 0 Å². The van der Waals surface area contributed by atoms with Gasteiger partial charge in [-0.2, -0.15) is 0 Å². The predicted octanol–water partition coefficient (Wildman–Crippen LogP) is 0.469. The molecule has 0 spiro atoms. The van der Waals surface area contributed by atoms with Gasteiger partial charge in [-0.25, -0.2) is 11.4 Å². The molecule has 0 aromatic carbocycles. The highest BCUT2D eigenvalue weighted by molar-refractivity contribution is 5.73. The fourth-order valence-electron chi connectivity index (χ4n) is 0.271. The summed E-state index contributed by atoms with van der Waals surface area (Å²) in [7, 11) is 0. The lowest BCUT2D eigenvalue weighted by Crippen LogP contribution is -2.05. The van der Waals surface area contributed by atoms with Gasteiger partial charge >= 0.3 is 12.5 Å². The molecule has 0 saturated carbocycles. The molecule has 0 fully saturated rings. The highest BCUT2D eigenvalue weighted by Gasteiger charge is 2.00. The van der Waals surface area contributed by atoms with E-state index in [9.17, 15) is 4.79 Å².